The van der Waals surface area contributed by atoms with Gasteiger partial charge in [0.15, 0.2) is 5.11 Å². The number of nitrogens with one attached hydrogen (secondary N) is 1. The number of hydrogen-bond acceptors (Lipinski definition) is 4. The molecule has 0 radical (unpaired) electrons. The highest BCUT2D eigenvalue weighted by Crippen LogP contribution is 2.35. The molecule has 2 heterocycles. The number of halogens is 1. The van der Waals surface area contributed by atoms with Crippen molar-refractivity contribution in [2.45, 2.75) is 25.9 Å². The summed E-state index contributed by atoms with van der Waals surface area (Å²) in [6.45, 7) is 4.24. The Morgan fingerprint density at radius 2 is 2.29 bits per heavy atom. The minimum absolute atomic E-state index is 0.188. The molecule has 1 aliphatic rings. The summed E-state index contributed by atoms with van der Waals surface area (Å²) in [5.41, 5.74) is 0. The van der Waals surface area contributed by atoms with Crippen molar-refractivity contribution >= 4 is 56.3 Å². The molecule has 0 aliphatic carbocycles. The summed E-state index contributed by atoms with van der Waals surface area (Å²) in [7, 11) is 0. The summed E-state index contributed by atoms with van der Waals surface area (Å²) >= 11 is 13.1. The number of amides is 1. The van der Waals surface area contributed by atoms with Crippen LogP contribution in [0.5, 0.6) is 0 Å². The predicted molar refractivity (Wildman–Crippen MR) is 103 cm³/mol. The van der Waals surface area contributed by atoms with Gasteiger partial charge in [-0.2, -0.15) is 0 Å². The van der Waals surface area contributed by atoms with Crippen LogP contribution in [0.25, 0.3) is 10.1 Å². The molecule has 128 valence electrons. The van der Waals surface area contributed by atoms with Gasteiger partial charge in [-0.3, -0.25) is 10.1 Å². The largest absolute Gasteiger partial charge is 0.376 e. The lowest BCUT2D eigenvalue weighted by atomic mass is 10.2. The molecular weight excluding hydrogens is 364 g/mol. The van der Waals surface area contributed by atoms with Crippen LogP contribution >= 0.6 is 35.2 Å². The molecule has 0 unspecified atom stereocenters. The first kappa shape index (κ1) is 17.6. The SMILES string of the molecule is CCN(C[C@H]1CCCO1)C(=S)NC(=O)c1sc2ccccc2c1Cl. The molecule has 7 heteroatoms. The molecule has 1 atom stereocenters. The van der Waals surface area contributed by atoms with Crippen molar-refractivity contribution in [1.29, 1.82) is 0 Å². The molecule has 0 bridgehead atoms. The normalized spacial score (nSPS) is 17.2. The van der Waals surface area contributed by atoms with Crippen LogP contribution in [0.4, 0.5) is 0 Å². The lowest BCUT2D eigenvalue weighted by molar-refractivity contribution is 0.0897. The molecular formula is C17H19ClN2O2S2. The molecule has 2 aromatic rings. The molecule has 1 fully saturated rings. The summed E-state index contributed by atoms with van der Waals surface area (Å²) in [4.78, 5) is 15.0. The van der Waals surface area contributed by atoms with E-state index in [9.17, 15) is 4.79 Å². The van der Waals surface area contributed by atoms with E-state index in [-0.39, 0.29) is 12.0 Å². The number of benzene rings is 1. The molecule has 1 aromatic heterocycles. The fraction of sp³-hybridized carbons (Fsp3) is 0.412. The molecule has 1 N–H and O–H groups in total. The number of rotatable bonds is 4. The van der Waals surface area contributed by atoms with Gasteiger partial charge in [0.2, 0.25) is 0 Å². The molecule has 1 amide bonds. The van der Waals surface area contributed by atoms with E-state index >= 15 is 0 Å². The van der Waals surface area contributed by atoms with E-state index in [1.165, 1.54) is 11.3 Å². The van der Waals surface area contributed by atoms with Crippen molar-refractivity contribution in [3.8, 4) is 0 Å². The van der Waals surface area contributed by atoms with Gasteiger partial charge >= 0.3 is 0 Å². The van der Waals surface area contributed by atoms with Crippen LogP contribution in [-0.2, 0) is 4.74 Å². The molecule has 4 nitrogen and oxygen atoms in total. The maximum absolute atomic E-state index is 12.6. The van der Waals surface area contributed by atoms with Crippen molar-refractivity contribution in [1.82, 2.24) is 10.2 Å². The second kappa shape index (κ2) is 7.78. The molecule has 24 heavy (non-hydrogen) atoms. The molecule has 1 aromatic carbocycles. The van der Waals surface area contributed by atoms with Gasteiger partial charge in [-0.05, 0) is 38.0 Å². The predicted octanol–water partition coefficient (Wildman–Crippen LogP) is 4.07. The monoisotopic (exact) mass is 382 g/mol. The van der Waals surface area contributed by atoms with Gasteiger partial charge in [-0.15, -0.1) is 11.3 Å². The van der Waals surface area contributed by atoms with Crippen molar-refractivity contribution in [3.63, 3.8) is 0 Å². The first-order valence-electron chi connectivity index (χ1n) is 7.99. The lowest BCUT2D eigenvalue weighted by Gasteiger charge is -2.26. The molecule has 0 spiro atoms. The first-order valence-corrected chi connectivity index (χ1v) is 9.59. The van der Waals surface area contributed by atoms with Crippen molar-refractivity contribution in [3.05, 3.63) is 34.2 Å². The van der Waals surface area contributed by atoms with Gasteiger partial charge in [0.1, 0.15) is 4.88 Å². The van der Waals surface area contributed by atoms with E-state index in [0.717, 1.165) is 36.1 Å². The van der Waals surface area contributed by atoms with E-state index in [0.29, 0.717) is 21.6 Å². The topological polar surface area (TPSA) is 41.6 Å². The highest BCUT2D eigenvalue weighted by Gasteiger charge is 2.23. The number of nitrogens with zero attached hydrogens (tertiary/aromatic N) is 1. The molecule has 0 saturated carbocycles. The highest BCUT2D eigenvalue weighted by atomic mass is 35.5. The Kier molecular flexibility index (Phi) is 5.71. The summed E-state index contributed by atoms with van der Waals surface area (Å²) in [6.07, 6.45) is 2.31. The Balaban J connectivity index is 1.70. The van der Waals surface area contributed by atoms with Crippen molar-refractivity contribution < 1.29 is 9.53 Å². The van der Waals surface area contributed by atoms with E-state index < -0.39 is 0 Å². The zero-order chi connectivity index (χ0) is 17.1. The van der Waals surface area contributed by atoms with Crippen molar-refractivity contribution in [2.24, 2.45) is 0 Å². The van der Waals surface area contributed by atoms with Crippen molar-refractivity contribution in [2.75, 3.05) is 19.7 Å². The third kappa shape index (κ3) is 3.72. The Morgan fingerprint density at radius 1 is 1.50 bits per heavy atom. The number of ether oxygens (including phenoxy) is 1. The number of fused-ring (bicyclic) bond motifs is 1. The number of thiophene rings is 1. The lowest BCUT2D eigenvalue weighted by Crippen LogP contribution is -2.45. The standard InChI is InChI=1S/C17H19ClN2O2S2/c1-2-20(10-11-6-5-9-22-11)17(23)19-16(21)15-14(18)12-7-3-4-8-13(12)24-15/h3-4,7-8,11H,2,5-6,9-10H2,1H3,(H,19,21,23)/t11-/m1/s1. The van der Waals surface area contributed by atoms with Crippen LogP contribution in [0, 0.1) is 0 Å². The van der Waals surface area contributed by atoms with Crippen LogP contribution in [0.3, 0.4) is 0 Å². The second-order valence-electron chi connectivity index (χ2n) is 5.67. The van der Waals surface area contributed by atoms with Gasteiger partial charge < -0.3 is 9.64 Å². The quantitative estimate of drug-likeness (QED) is 0.809. The highest BCUT2D eigenvalue weighted by molar-refractivity contribution is 7.80. The number of thiocarbonyl (C=S) groups is 1. The number of hydrogen-bond donors (Lipinski definition) is 1. The van der Waals surface area contributed by atoms with E-state index in [1.54, 1.807) is 0 Å². The minimum Gasteiger partial charge on any atom is -0.376 e. The number of carbonyl (C=O) groups is 1. The maximum atomic E-state index is 12.6. The van der Waals surface area contributed by atoms with Gasteiger partial charge in [-0.1, -0.05) is 29.8 Å². The summed E-state index contributed by atoms with van der Waals surface area (Å²) in [5.74, 6) is -0.253. The smallest absolute Gasteiger partial charge is 0.269 e. The summed E-state index contributed by atoms with van der Waals surface area (Å²) < 4.78 is 6.64. The number of carbonyl (C=O) groups excluding carboxylic acids is 1. The first-order chi connectivity index (χ1) is 11.6. The summed E-state index contributed by atoms with van der Waals surface area (Å²) in [6, 6.07) is 7.71. The Morgan fingerprint density at radius 3 is 2.96 bits per heavy atom. The van der Waals surface area contributed by atoms with E-state index in [1.807, 2.05) is 36.1 Å². The second-order valence-corrected chi connectivity index (χ2v) is 7.49. The van der Waals surface area contributed by atoms with Gasteiger partial charge in [0, 0.05) is 29.8 Å². The molecule has 1 saturated heterocycles. The Labute approximate surface area is 155 Å². The van der Waals surface area contributed by atoms with Crippen LogP contribution in [0.1, 0.15) is 29.4 Å². The fourth-order valence-corrected chi connectivity index (χ4v) is 4.49. The van der Waals surface area contributed by atoms with E-state index in [4.69, 9.17) is 28.6 Å². The third-order valence-corrected chi connectivity index (χ3v) is 6.11. The minimum atomic E-state index is -0.253. The van der Waals surface area contributed by atoms with E-state index in [2.05, 4.69) is 5.32 Å². The van der Waals surface area contributed by atoms with Crippen LogP contribution in [0.15, 0.2) is 24.3 Å². The number of likely N-dealkylation sites (N-methyl/N-ethyl adjacent to an activating group) is 1. The van der Waals surface area contributed by atoms with Gasteiger partial charge in [0.05, 0.1) is 11.1 Å². The zero-order valence-electron chi connectivity index (χ0n) is 13.4. The fourth-order valence-electron chi connectivity index (χ4n) is 2.78. The summed E-state index contributed by atoms with van der Waals surface area (Å²) in [5, 5.41) is 4.61. The Bertz CT molecular complexity index is 756. The maximum Gasteiger partial charge on any atom is 0.269 e. The molecule has 3 rings (SSSR count). The average Bonchev–Trinajstić information content (AvgIpc) is 3.21. The van der Waals surface area contributed by atoms with Crippen LogP contribution in [0.2, 0.25) is 5.02 Å². The zero-order valence-corrected chi connectivity index (χ0v) is 15.8. The van der Waals surface area contributed by atoms with Crippen LogP contribution < -0.4 is 5.32 Å². The van der Waals surface area contributed by atoms with Gasteiger partial charge in [0.25, 0.3) is 5.91 Å². The molecule has 1 aliphatic heterocycles. The Hall–Kier alpha value is -1.21. The third-order valence-electron chi connectivity index (χ3n) is 4.08. The van der Waals surface area contributed by atoms with Gasteiger partial charge in [-0.25, -0.2) is 0 Å². The van der Waals surface area contributed by atoms with Crippen LogP contribution in [-0.4, -0.2) is 41.7 Å². The average molecular weight is 383 g/mol.